The molecule has 2 rings (SSSR count). The second-order valence-electron chi connectivity index (χ2n) is 5.06. The van der Waals surface area contributed by atoms with Crippen LogP contribution >= 0.6 is 12.4 Å². The van der Waals surface area contributed by atoms with Crippen LogP contribution in [0.5, 0.6) is 0 Å². The molecule has 0 radical (unpaired) electrons. The molecule has 1 amide bonds. The van der Waals surface area contributed by atoms with Gasteiger partial charge in [0.2, 0.25) is 5.91 Å². The molecule has 0 aromatic rings. The lowest BCUT2D eigenvalue weighted by atomic mass is 10.0. The van der Waals surface area contributed by atoms with E-state index in [2.05, 4.69) is 5.32 Å². The fourth-order valence-corrected chi connectivity index (χ4v) is 2.33. The van der Waals surface area contributed by atoms with Crippen molar-refractivity contribution < 1.29 is 9.53 Å². The van der Waals surface area contributed by atoms with Crippen LogP contribution in [-0.4, -0.2) is 49.2 Å². The van der Waals surface area contributed by atoms with Crippen molar-refractivity contribution in [1.29, 1.82) is 0 Å². The van der Waals surface area contributed by atoms with Crippen LogP contribution in [0, 0.1) is 5.92 Å². The molecule has 2 aliphatic rings. The fourth-order valence-electron chi connectivity index (χ4n) is 2.33. The molecule has 2 saturated heterocycles. The maximum Gasteiger partial charge on any atom is 0.227 e. The van der Waals surface area contributed by atoms with Gasteiger partial charge in [-0.25, -0.2) is 0 Å². The highest BCUT2D eigenvalue weighted by atomic mass is 35.5. The first-order valence-corrected chi connectivity index (χ1v) is 5.72. The van der Waals surface area contributed by atoms with E-state index in [1.807, 2.05) is 18.7 Å². The molecular formula is C11H21ClN2O2. The minimum Gasteiger partial charge on any atom is -0.372 e. The smallest absolute Gasteiger partial charge is 0.227 e. The van der Waals surface area contributed by atoms with E-state index < -0.39 is 0 Å². The summed E-state index contributed by atoms with van der Waals surface area (Å²) >= 11 is 0. The molecule has 0 saturated carbocycles. The van der Waals surface area contributed by atoms with E-state index in [1.54, 1.807) is 0 Å². The number of ether oxygens (including phenoxy) is 1. The van der Waals surface area contributed by atoms with Gasteiger partial charge >= 0.3 is 0 Å². The zero-order chi connectivity index (χ0) is 10.9. The van der Waals surface area contributed by atoms with Crippen LogP contribution in [0.1, 0.15) is 20.3 Å². The second-order valence-corrected chi connectivity index (χ2v) is 5.06. The van der Waals surface area contributed by atoms with Crippen LogP contribution in [0.25, 0.3) is 0 Å². The third kappa shape index (κ3) is 3.09. The van der Waals surface area contributed by atoms with E-state index in [9.17, 15) is 4.79 Å². The molecular weight excluding hydrogens is 228 g/mol. The third-order valence-electron chi connectivity index (χ3n) is 3.15. The van der Waals surface area contributed by atoms with Crippen LogP contribution in [0.3, 0.4) is 0 Å². The van der Waals surface area contributed by atoms with Gasteiger partial charge in [-0.05, 0) is 26.8 Å². The summed E-state index contributed by atoms with van der Waals surface area (Å²) in [6, 6.07) is 0. The molecule has 0 spiro atoms. The molecule has 0 aliphatic carbocycles. The van der Waals surface area contributed by atoms with Gasteiger partial charge in [-0.1, -0.05) is 0 Å². The van der Waals surface area contributed by atoms with Crippen molar-refractivity contribution in [3.8, 4) is 0 Å². The van der Waals surface area contributed by atoms with Crippen LogP contribution < -0.4 is 5.32 Å². The summed E-state index contributed by atoms with van der Waals surface area (Å²) in [7, 11) is 0. The lowest BCUT2D eigenvalue weighted by Gasteiger charge is -2.39. The van der Waals surface area contributed by atoms with E-state index in [1.165, 1.54) is 0 Å². The minimum absolute atomic E-state index is 0. The molecule has 0 bridgehead atoms. The Kier molecular flexibility index (Phi) is 4.59. The molecule has 1 atom stereocenters. The van der Waals surface area contributed by atoms with Crippen molar-refractivity contribution >= 4 is 18.3 Å². The molecule has 2 aliphatic heterocycles. The van der Waals surface area contributed by atoms with E-state index in [0.29, 0.717) is 12.5 Å². The van der Waals surface area contributed by atoms with Crippen molar-refractivity contribution in [3.05, 3.63) is 0 Å². The summed E-state index contributed by atoms with van der Waals surface area (Å²) in [5.74, 6) is 0.496. The SMILES string of the molecule is CC1(C)CN(C(=O)C2CCNC2)CCO1.Cl. The average molecular weight is 249 g/mol. The first-order valence-electron chi connectivity index (χ1n) is 5.72. The number of nitrogens with zero attached hydrogens (tertiary/aromatic N) is 1. The summed E-state index contributed by atoms with van der Waals surface area (Å²) in [5.41, 5.74) is -0.181. The summed E-state index contributed by atoms with van der Waals surface area (Å²) in [6.45, 7) is 8.04. The number of carbonyl (C=O) groups is 1. The van der Waals surface area contributed by atoms with E-state index >= 15 is 0 Å². The highest BCUT2D eigenvalue weighted by Crippen LogP contribution is 2.20. The fraction of sp³-hybridized carbons (Fsp3) is 0.909. The number of rotatable bonds is 1. The summed E-state index contributed by atoms with van der Waals surface area (Å²) < 4.78 is 5.60. The van der Waals surface area contributed by atoms with Gasteiger partial charge < -0.3 is 15.0 Å². The highest BCUT2D eigenvalue weighted by molar-refractivity contribution is 5.85. The van der Waals surface area contributed by atoms with Crippen molar-refractivity contribution in [2.75, 3.05) is 32.8 Å². The van der Waals surface area contributed by atoms with Gasteiger partial charge in [-0.3, -0.25) is 4.79 Å². The van der Waals surface area contributed by atoms with Crippen LogP contribution in [0.4, 0.5) is 0 Å². The number of hydrogen-bond donors (Lipinski definition) is 1. The van der Waals surface area contributed by atoms with Gasteiger partial charge in [0.1, 0.15) is 0 Å². The topological polar surface area (TPSA) is 41.6 Å². The predicted octanol–water partition coefficient (Wildman–Crippen LogP) is 0.655. The molecule has 4 nitrogen and oxygen atoms in total. The molecule has 94 valence electrons. The monoisotopic (exact) mass is 248 g/mol. The summed E-state index contributed by atoms with van der Waals surface area (Å²) in [5, 5.41) is 3.23. The molecule has 0 aromatic heterocycles. The maximum atomic E-state index is 12.1. The van der Waals surface area contributed by atoms with Crippen LogP contribution in [0.15, 0.2) is 0 Å². The molecule has 16 heavy (non-hydrogen) atoms. The van der Waals surface area contributed by atoms with Crippen molar-refractivity contribution in [1.82, 2.24) is 10.2 Å². The molecule has 2 heterocycles. The first-order chi connectivity index (χ1) is 7.08. The van der Waals surface area contributed by atoms with E-state index in [-0.39, 0.29) is 23.9 Å². The van der Waals surface area contributed by atoms with Crippen LogP contribution in [-0.2, 0) is 9.53 Å². The van der Waals surface area contributed by atoms with Gasteiger partial charge in [-0.2, -0.15) is 0 Å². The molecule has 5 heteroatoms. The zero-order valence-corrected chi connectivity index (χ0v) is 10.8. The maximum absolute atomic E-state index is 12.1. The van der Waals surface area contributed by atoms with E-state index in [4.69, 9.17) is 4.74 Å². The Morgan fingerprint density at radius 2 is 2.25 bits per heavy atom. The summed E-state index contributed by atoms with van der Waals surface area (Å²) in [4.78, 5) is 14.1. The predicted molar refractivity (Wildman–Crippen MR) is 64.8 cm³/mol. The van der Waals surface area contributed by atoms with Gasteiger partial charge in [0.25, 0.3) is 0 Å². The lowest BCUT2D eigenvalue weighted by molar-refractivity contribution is -0.149. The normalized spacial score (nSPS) is 28.6. The quantitative estimate of drug-likeness (QED) is 0.741. The first kappa shape index (κ1) is 13.7. The standard InChI is InChI=1S/C11H20N2O2.ClH/c1-11(2)8-13(5-6-15-11)10(14)9-3-4-12-7-9;/h9,12H,3-8H2,1-2H3;1H. The van der Waals surface area contributed by atoms with Gasteiger partial charge in [-0.15, -0.1) is 12.4 Å². The Morgan fingerprint density at radius 3 is 2.81 bits per heavy atom. The Morgan fingerprint density at radius 1 is 1.50 bits per heavy atom. The number of halogens is 1. The summed E-state index contributed by atoms with van der Waals surface area (Å²) in [6.07, 6.45) is 0.983. The van der Waals surface area contributed by atoms with Gasteiger partial charge in [0.15, 0.2) is 0 Å². The number of nitrogens with one attached hydrogen (secondary N) is 1. The van der Waals surface area contributed by atoms with Gasteiger partial charge in [0.05, 0.1) is 18.1 Å². The van der Waals surface area contributed by atoms with Crippen molar-refractivity contribution in [2.45, 2.75) is 25.9 Å². The van der Waals surface area contributed by atoms with Crippen LogP contribution in [0.2, 0.25) is 0 Å². The molecule has 1 unspecified atom stereocenters. The Labute approximate surface area is 103 Å². The second kappa shape index (κ2) is 5.34. The Bertz CT molecular complexity index is 252. The van der Waals surface area contributed by atoms with E-state index in [0.717, 1.165) is 32.6 Å². The Hall–Kier alpha value is -0.320. The largest absolute Gasteiger partial charge is 0.372 e. The number of carbonyl (C=O) groups excluding carboxylic acids is 1. The highest BCUT2D eigenvalue weighted by Gasteiger charge is 2.33. The molecule has 2 fully saturated rings. The molecule has 0 aromatic carbocycles. The number of morpholine rings is 1. The van der Waals surface area contributed by atoms with Gasteiger partial charge in [0, 0.05) is 19.6 Å². The number of amides is 1. The van der Waals surface area contributed by atoms with Crippen molar-refractivity contribution in [2.24, 2.45) is 5.92 Å². The Balaban J connectivity index is 0.00000128. The molecule has 1 N–H and O–H groups in total. The van der Waals surface area contributed by atoms with Crippen molar-refractivity contribution in [3.63, 3.8) is 0 Å². The number of hydrogen-bond acceptors (Lipinski definition) is 3. The average Bonchev–Trinajstić information content (AvgIpc) is 2.67. The third-order valence-corrected chi connectivity index (χ3v) is 3.15. The lowest BCUT2D eigenvalue weighted by Crippen LogP contribution is -2.52. The zero-order valence-electron chi connectivity index (χ0n) is 9.99. The minimum atomic E-state index is -0.181.